The van der Waals surface area contributed by atoms with Crippen LogP contribution in [-0.2, 0) is 13.5 Å². The van der Waals surface area contributed by atoms with Gasteiger partial charge >= 0.3 is 0 Å². The summed E-state index contributed by atoms with van der Waals surface area (Å²) in [4.78, 5) is 12.5. The van der Waals surface area contributed by atoms with Gasteiger partial charge in [0.2, 0.25) is 0 Å². The molecule has 3 rings (SSSR count). The summed E-state index contributed by atoms with van der Waals surface area (Å²) in [5.41, 5.74) is 8.70. The van der Waals surface area contributed by atoms with Crippen LogP contribution in [0.1, 0.15) is 21.7 Å². The quantitative estimate of drug-likeness (QED) is 0.662. The second-order valence-electron chi connectivity index (χ2n) is 5.70. The van der Waals surface area contributed by atoms with E-state index in [1.807, 2.05) is 31.3 Å². The van der Waals surface area contributed by atoms with Crippen molar-refractivity contribution in [3.63, 3.8) is 0 Å². The van der Waals surface area contributed by atoms with E-state index in [2.05, 4.69) is 10.3 Å². The summed E-state index contributed by atoms with van der Waals surface area (Å²) in [5, 5.41) is 7.87. The molecule has 0 aliphatic carbocycles. The van der Waals surface area contributed by atoms with E-state index in [1.54, 1.807) is 17.8 Å². The second kappa shape index (κ2) is 7.31. The van der Waals surface area contributed by atoms with Crippen LogP contribution in [0.15, 0.2) is 41.2 Å². The summed E-state index contributed by atoms with van der Waals surface area (Å²) in [6.07, 6.45) is 3.43. The molecule has 3 aromatic rings. The number of hydrogen-bond donors (Lipinski definition) is 1. The van der Waals surface area contributed by atoms with Crippen molar-refractivity contribution in [2.45, 2.75) is 13.3 Å². The molecule has 0 fully saturated rings. The largest absolute Gasteiger partial charge is 0.492 e. The lowest BCUT2D eigenvalue weighted by Gasteiger charge is -2.13. The van der Waals surface area contributed by atoms with Gasteiger partial charge in [-0.3, -0.25) is 9.48 Å². The molecule has 2 heterocycles. The lowest BCUT2D eigenvalue weighted by atomic mass is 10.0. The van der Waals surface area contributed by atoms with E-state index in [-0.39, 0.29) is 12.2 Å². The molecule has 0 unspecified atom stereocenters. The van der Waals surface area contributed by atoms with Gasteiger partial charge < -0.3 is 15.0 Å². The average Bonchev–Trinajstić information content (AvgIpc) is 3.21. The molecule has 0 amide bonds. The van der Waals surface area contributed by atoms with Gasteiger partial charge in [-0.05, 0) is 30.7 Å². The van der Waals surface area contributed by atoms with Gasteiger partial charge in [0, 0.05) is 31.8 Å². The average molecular weight is 340 g/mol. The van der Waals surface area contributed by atoms with Crippen molar-refractivity contribution in [2.24, 2.45) is 12.8 Å². The number of ketones is 1. The van der Waals surface area contributed by atoms with Gasteiger partial charge in [0.15, 0.2) is 5.78 Å². The van der Waals surface area contributed by atoms with Crippen LogP contribution in [0.4, 0.5) is 0 Å². The first-order valence-corrected chi connectivity index (χ1v) is 7.98. The number of benzene rings is 1. The summed E-state index contributed by atoms with van der Waals surface area (Å²) in [7, 11) is 1.86. The monoisotopic (exact) mass is 340 g/mol. The van der Waals surface area contributed by atoms with Gasteiger partial charge in [0.05, 0.1) is 17.5 Å². The highest BCUT2D eigenvalue weighted by atomic mass is 16.5. The molecule has 0 radical (unpaired) electrons. The molecule has 2 N–H and O–H groups in total. The number of carbonyl (C=O) groups is 1. The highest BCUT2D eigenvalue weighted by Crippen LogP contribution is 2.31. The number of aromatic nitrogens is 3. The summed E-state index contributed by atoms with van der Waals surface area (Å²) in [5.74, 6) is 1.21. The molecule has 0 aliphatic rings. The van der Waals surface area contributed by atoms with Gasteiger partial charge in [-0.25, -0.2) is 0 Å². The van der Waals surface area contributed by atoms with E-state index in [0.717, 1.165) is 16.8 Å². The first kappa shape index (κ1) is 16.9. The van der Waals surface area contributed by atoms with Crippen LogP contribution in [-0.4, -0.2) is 33.9 Å². The van der Waals surface area contributed by atoms with Gasteiger partial charge in [0.25, 0.3) is 0 Å². The second-order valence-corrected chi connectivity index (χ2v) is 5.70. The van der Waals surface area contributed by atoms with E-state index in [9.17, 15) is 4.79 Å². The number of ether oxygens (including phenoxy) is 1. The van der Waals surface area contributed by atoms with Crippen molar-refractivity contribution in [1.82, 2.24) is 14.9 Å². The Kier molecular flexibility index (Phi) is 4.95. The number of nitrogens with two attached hydrogens (primary N) is 1. The third-order valence-electron chi connectivity index (χ3n) is 3.93. The van der Waals surface area contributed by atoms with Crippen LogP contribution in [0.25, 0.3) is 11.3 Å². The highest BCUT2D eigenvalue weighted by Gasteiger charge is 2.16. The zero-order chi connectivity index (χ0) is 17.8. The van der Waals surface area contributed by atoms with Crippen molar-refractivity contribution >= 4 is 5.78 Å². The fraction of sp³-hybridized carbons (Fsp3) is 0.278. The predicted molar refractivity (Wildman–Crippen MR) is 92.5 cm³/mol. The van der Waals surface area contributed by atoms with E-state index in [1.165, 1.54) is 6.20 Å². The van der Waals surface area contributed by atoms with Crippen molar-refractivity contribution in [1.29, 1.82) is 0 Å². The Bertz CT molecular complexity index is 882. The molecule has 25 heavy (non-hydrogen) atoms. The van der Waals surface area contributed by atoms with Crippen LogP contribution < -0.4 is 10.5 Å². The molecular formula is C18H20N4O3. The number of hydrogen-bond acceptors (Lipinski definition) is 6. The molecule has 130 valence electrons. The zero-order valence-electron chi connectivity index (χ0n) is 14.2. The van der Waals surface area contributed by atoms with E-state index in [4.69, 9.17) is 15.0 Å². The lowest BCUT2D eigenvalue weighted by Crippen LogP contribution is -2.11. The molecule has 2 aromatic heterocycles. The topological polar surface area (TPSA) is 96.2 Å². The Hall–Kier alpha value is -2.93. The molecule has 0 spiro atoms. The standard InChI is InChI=1S/C18H20N4O3/c1-12-15(11-21-25-12)17(23)10-13-3-4-18(24-8-6-19)14(9-13)16-5-7-20-22(16)2/h3-5,7,9,11H,6,8,10,19H2,1-2H3. The Morgan fingerprint density at radius 1 is 1.36 bits per heavy atom. The van der Waals surface area contributed by atoms with Crippen molar-refractivity contribution in [2.75, 3.05) is 13.2 Å². The van der Waals surface area contributed by atoms with Crippen LogP contribution >= 0.6 is 0 Å². The number of aryl methyl sites for hydroxylation is 2. The highest BCUT2D eigenvalue weighted by molar-refractivity contribution is 5.98. The summed E-state index contributed by atoms with van der Waals surface area (Å²) < 4.78 is 12.5. The molecular weight excluding hydrogens is 320 g/mol. The lowest BCUT2D eigenvalue weighted by molar-refractivity contribution is 0.0991. The fourth-order valence-corrected chi connectivity index (χ4v) is 2.67. The van der Waals surface area contributed by atoms with E-state index >= 15 is 0 Å². The minimum atomic E-state index is -0.0367. The molecule has 7 nitrogen and oxygen atoms in total. The van der Waals surface area contributed by atoms with Crippen molar-refractivity contribution in [3.05, 3.63) is 53.5 Å². The minimum Gasteiger partial charge on any atom is -0.492 e. The van der Waals surface area contributed by atoms with Gasteiger partial charge in [0.1, 0.15) is 18.1 Å². The van der Waals surface area contributed by atoms with Crippen molar-refractivity contribution in [3.8, 4) is 17.0 Å². The Morgan fingerprint density at radius 2 is 2.20 bits per heavy atom. The smallest absolute Gasteiger partial charge is 0.172 e. The maximum absolute atomic E-state index is 12.5. The van der Waals surface area contributed by atoms with Crippen LogP contribution in [0, 0.1) is 6.92 Å². The maximum Gasteiger partial charge on any atom is 0.172 e. The van der Waals surface area contributed by atoms with Crippen molar-refractivity contribution < 1.29 is 14.1 Å². The molecule has 0 saturated carbocycles. The third kappa shape index (κ3) is 3.61. The molecule has 7 heteroatoms. The summed E-state index contributed by atoms with van der Waals surface area (Å²) >= 11 is 0. The Labute approximate surface area is 145 Å². The summed E-state index contributed by atoms with van der Waals surface area (Å²) in [6, 6.07) is 7.59. The van der Waals surface area contributed by atoms with Crippen LogP contribution in [0.5, 0.6) is 5.75 Å². The summed E-state index contributed by atoms with van der Waals surface area (Å²) in [6.45, 7) is 2.58. The third-order valence-corrected chi connectivity index (χ3v) is 3.93. The predicted octanol–water partition coefficient (Wildman–Crippen LogP) is 2.15. The number of rotatable bonds is 7. The Balaban J connectivity index is 1.92. The first-order chi connectivity index (χ1) is 12.1. The zero-order valence-corrected chi connectivity index (χ0v) is 14.2. The molecule has 0 saturated heterocycles. The Morgan fingerprint density at radius 3 is 2.84 bits per heavy atom. The normalized spacial score (nSPS) is 10.8. The van der Waals surface area contributed by atoms with Crippen LogP contribution in [0.3, 0.4) is 0 Å². The van der Waals surface area contributed by atoms with Gasteiger partial charge in [-0.2, -0.15) is 5.10 Å². The maximum atomic E-state index is 12.5. The van der Waals surface area contributed by atoms with Crippen LogP contribution in [0.2, 0.25) is 0 Å². The number of nitrogens with zero attached hydrogens (tertiary/aromatic N) is 3. The van der Waals surface area contributed by atoms with E-state index < -0.39 is 0 Å². The van der Waals surface area contributed by atoms with E-state index in [0.29, 0.717) is 30.2 Å². The molecule has 0 bridgehead atoms. The number of carbonyl (C=O) groups excluding carboxylic acids is 1. The van der Waals surface area contributed by atoms with Gasteiger partial charge in [-0.15, -0.1) is 0 Å². The van der Waals surface area contributed by atoms with Gasteiger partial charge in [-0.1, -0.05) is 11.2 Å². The molecule has 0 aliphatic heterocycles. The fourth-order valence-electron chi connectivity index (χ4n) is 2.67. The SMILES string of the molecule is Cc1oncc1C(=O)Cc1ccc(OCCN)c(-c2ccnn2C)c1. The molecule has 1 aromatic carbocycles. The number of Topliss-reactive ketones (excluding diaryl/α,β-unsaturated/α-hetero) is 1. The molecule has 0 atom stereocenters. The first-order valence-electron chi connectivity index (χ1n) is 7.98. The minimum absolute atomic E-state index is 0.0367.